The summed E-state index contributed by atoms with van der Waals surface area (Å²) in [7, 11) is 0. The van der Waals surface area contributed by atoms with Crippen molar-refractivity contribution in [3.63, 3.8) is 0 Å². The van der Waals surface area contributed by atoms with Gasteiger partial charge in [0, 0.05) is 37.8 Å². The van der Waals surface area contributed by atoms with Gasteiger partial charge in [-0.3, -0.25) is 4.90 Å². The van der Waals surface area contributed by atoms with Crippen LogP contribution in [0.2, 0.25) is 10.0 Å². The molecule has 0 radical (unpaired) electrons. The third-order valence-corrected chi connectivity index (χ3v) is 6.90. The van der Waals surface area contributed by atoms with Crippen LogP contribution in [-0.4, -0.2) is 47.9 Å². The first-order chi connectivity index (χ1) is 16.4. The second kappa shape index (κ2) is 11.5. The molecule has 0 aliphatic carbocycles. The monoisotopic (exact) mass is 502 g/mol. The molecule has 0 bridgehead atoms. The van der Waals surface area contributed by atoms with Gasteiger partial charge in [-0.25, -0.2) is 4.39 Å². The van der Waals surface area contributed by atoms with E-state index in [1.165, 1.54) is 12.1 Å². The lowest BCUT2D eigenvalue weighted by molar-refractivity contribution is 0.100. The van der Waals surface area contributed by atoms with Crippen LogP contribution in [-0.2, 0) is 6.42 Å². The standard InChI is InChI=1S/C27H29Cl2FN2O2/c28-22-8-4-20(5-9-22)26-17-31(18-27(34)21-6-10-23(30)11-7-21)13-14-32(26)25-12-3-19(2-1-15-33)16-24(25)29/h3-12,16,26-27,33-34H,1-2,13-15,17-18H2/t26-,27+/m0/s1. The van der Waals surface area contributed by atoms with Crippen molar-refractivity contribution < 1.29 is 14.6 Å². The number of aryl methyl sites for hydroxylation is 1. The Morgan fingerprint density at radius 3 is 2.38 bits per heavy atom. The molecule has 3 aromatic rings. The molecule has 2 atom stereocenters. The van der Waals surface area contributed by atoms with Crippen LogP contribution in [0, 0.1) is 5.82 Å². The highest BCUT2D eigenvalue weighted by Gasteiger charge is 2.30. The van der Waals surface area contributed by atoms with Gasteiger partial charge in [-0.1, -0.05) is 53.5 Å². The van der Waals surface area contributed by atoms with E-state index in [0.717, 1.165) is 36.3 Å². The molecule has 4 rings (SSSR count). The van der Waals surface area contributed by atoms with E-state index < -0.39 is 6.10 Å². The largest absolute Gasteiger partial charge is 0.396 e. The van der Waals surface area contributed by atoms with Crippen molar-refractivity contribution >= 4 is 28.9 Å². The fourth-order valence-electron chi connectivity index (χ4n) is 4.52. The second-order valence-electron chi connectivity index (χ2n) is 8.70. The van der Waals surface area contributed by atoms with Gasteiger partial charge in [-0.05, 0) is 65.9 Å². The molecule has 2 N–H and O–H groups in total. The molecule has 0 unspecified atom stereocenters. The van der Waals surface area contributed by atoms with Gasteiger partial charge in [0.05, 0.1) is 22.9 Å². The maximum absolute atomic E-state index is 13.3. The number of aliphatic hydroxyl groups is 2. The normalized spacial score (nSPS) is 17.7. The molecule has 1 aliphatic heterocycles. The molecule has 0 aromatic heterocycles. The van der Waals surface area contributed by atoms with E-state index in [1.807, 2.05) is 30.3 Å². The van der Waals surface area contributed by atoms with Gasteiger partial charge in [0.15, 0.2) is 0 Å². The summed E-state index contributed by atoms with van der Waals surface area (Å²) < 4.78 is 13.3. The van der Waals surface area contributed by atoms with Gasteiger partial charge in [-0.15, -0.1) is 0 Å². The Bertz CT molecular complexity index is 1080. The highest BCUT2D eigenvalue weighted by atomic mass is 35.5. The molecule has 3 aromatic carbocycles. The summed E-state index contributed by atoms with van der Waals surface area (Å²) in [6.07, 6.45) is 0.789. The van der Waals surface area contributed by atoms with E-state index in [-0.39, 0.29) is 18.5 Å². The second-order valence-corrected chi connectivity index (χ2v) is 9.54. The molecular weight excluding hydrogens is 474 g/mol. The fraction of sp³-hybridized carbons (Fsp3) is 0.333. The highest BCUT2D eigenvalue weighted by molar-refractivity contribution is 6.33. The van der Waals surface area contributed by atoms with Crippen LogP contribution >= 0.6 is 23.2 Å². The predicted octanol–water partition coefficient (Wildman–Crippen LogP) is 5.65. The number of hydrogen-bond donors (Lipinski definition) is 2. The number of nitrogens with zero attached hydrogens (tertiary/aromatic N) is 2. The summed E-state index contributed by atoms with van der Waals surface area (Å²) in [5.41, 5.74) is 3.89. The van der Waals surface area contributed by atoms with E-state index in [1.54, 1.807) is 12.1 Å². The van der Waals surface area contributed by atoms with Crippen molar-refractivity contribution in [2.24, 2.45) is 0 Å². The summed E-state index contributed by atoms with van der Waals surface area (Å²) in [6, 6.07) is 20.0. The first kappa shape index (κ1) is 25.0. The van der Waals surface area contributed by atoms with Crippen LogP contribution in [0.4, 0.5) is 10.1 Å². The van der Waals surface area contributed by atoms with Gasteiger partial charge in [0.1, 0.15) is 5.82 Å². The number of hydrogen-bond acceptors (Lipinski definition) is 4. The van der Waals surface area contributed by atoms with E-state index in [0.29, 0.717) is 35.1 Å². The first-order valence-electron chi connectivity index (χ1n) is 11.5. The lowest BCUT2D eigenvalue weighted by Crippen LogP contribution is -2.49. The zero-order valence-electron chi connectivity index (χ0n) is 18.9. The minimum Gasteiger partial charge on any atom is -0.396 e. The van der Waals surface area contributed by atoms with Crippen molar-refractivity contribution in [3.8, 4) is 0 Å². The Hall–Kier alpha value is -2.15. The Kier molecular flexibility index (Phi) is 8.46. The van der Waals surface area contributed by atoms with Crippen LogP contribution in [0.15, 0.2) is 66.7 Å². The Labute approximate surface area is 210 Å². The van der Waals surface area contributed by atoms with Gasteiger partial charge in [-0.2, -0.15) is 0 Å². The number of β-amino-alcohol motifs (C(OH)–C–C–N with tert-alkyl or cyclic N) is 1. The molecule has 1 fully saturated rings. The number of benzene rings is 3. The first-order valence-corrected chi connectivity index (χ1v) is 12.3. The van der Waals surface area contributed by atoms with Crippen LogP contribution in [0.5, 0.6) is 0 Å². The topological polar surface area (TPSA) is 46.9 Å². The molecular formula is C27H29Cl2FN2O2. The van der Waals surface area contributed by atoms with Gasteiger partial charge < -0.3 is 15.1 Å². The molecule has 180 valence electrons. The summed E-state index contributed by atoms with van der Waals surface area (Å²) in [5, 5.41) is 21.2. The number of halogens is 3. The third kappa shape index (κ3) is 6.09. The number of aliphatic hydroxyl groups excluding tert-OH is 2. The smallest absolute Gasteiger partial charge is 0.123 e. The lowest BCUT2D eigenvalue weighted by atomic mass is 9.99. The van der Waals surface area contributed by atoms with Crippen LogP contribution in [0.1, 0.15) is 35.3 Å². The van der Waals surface area contributed by atoms with Gasteiger partial charge in [0.25, 0.3) is 0 Å². The number of rotatable bonds is 8. The minimum absolute atomic E-state index is 0.0206. The Balaban J connectivity index is 1.55. The van der Waals surface area contributed by atoms with E-state index in [4.69, 9.17) is 28.3 Å². The van der Waals surface area contributed by atoms with Gasteiger partial charge >= 0.3 is 0 Å². The van der Waals surface area contributed by atoms with E-state index in [9.17, 15) is 9.50 Å². The van der Waals surface area contributed by atoms with Crippen LogP contribution in [0.25, 0.3) is 0 Å². The SMILES string of the molecule is OCCCc1ccc(N2CCN(C[C@@H](O)c3ccc(F)cc3)C[C@H]2c2ccc(Cl)cc2)c(Cl)c1. The predicted molar refractivity (Wildman–Crippen MR) is 136 cm³/mol. The average Bonchev–Trinajstić information content (AvgIpc) is 2.84. The third-order valence-electron chi connectivity index (χ3n) is 6.35. The van der Waals surface area contributed by atoms with Crippen LogP contribution in [0.3, 0.4) is 0 Å². The fourth-order valence-corrected chi connectivity index (χ4v) is 4.96. The molecule has 4 nitrogen and oxygen atoms in total. The zero-order valence-corrected chi connectivity index (χ0v) is 20.4. The number of piperazine rings is 1. The van der Waals surface area contributed by atoms with E-state index in [2.05, 4.69) is 21.9 Å². The quantitative estimate of drug-likeness (QED) is 0.417. The minimum atomic E-state index is -0.701. The zero-order chi connectivity index (χ0) is 24.1. The molecule has 1 heterocycles. The Morgan fingerprint density at radius 2 is 1.71 bits per heavy atom. The van der Waals surface area contributed by atoms with Crippen molar-refractivity contribution in [1.82, 2.24) is 4.90 Å². The highest BCUT2D eigenvalue weighted by Crippen LogP contribution is 2.36. The summed E-state index contributed by atoms with van der Waals surface area (Å²) in [6.45, 7) is 2.80. The maximum Gasteiger partial charge on any atom is 0.123 e. The summed E-state index contributed by atoms with van der Waals surface area (Å²) >= 11 is 12.9. The molecule has 34 heavy (non-hydrogen) atoms. The van der Waals surface area contributed by atoms with Crippen molar-refractivity contribution in [3.05, 3.63) is 99.3 Å². The molecule has 1 aliphatic rings. The molecule has 1 saturated heterocycles. The lowest BCUT2D eigenvalue weighted by Gasteiger charge is -2.44. The van der Waals surface area contributed by atoms with Crippen molar-refractivity contribution in [2.75, 3.05) is 37.7 Å². The van der Waals surface area contributed by atoms with Crippen molar-refractivity contribution in [1.29, 1.82) is 0 Å². The Morgan fingerprint density at radius 1 is 0.971 bits per heavy atom. The average molecular weight is 503 g/mol. The molecule has 0 amide bonds. The van der Waals surface area contributed by atoms with Crippen molar-refractivity contribution in [2.45, 2.75) is 25.0 Å². The van der Waals surface area contributed by atoms with Gasteiger partial charge in [0.2, 0.25) is 0 Å². The van der Waals surface area contributed by atoms with Crippen LogP contribution < -0.4 is 4.90 Å². The molecule has 0 saturated carbocycles. The van der Waals surface area contributed by atoms with E-state index >= 15 is 0 Å². The maximum atomic E-state index is 13.3. The summed E-state index contributed by atoms with van der Waals surface area (Å²) in [5.74, 6) is -0.313. The number of anilines is 1. The summed E-state index contributed by atoms with van der Waals surface area (Å²) in [4.78, 5) is 4.54. The molecule has 7 heteroatoms. The molecule has 0 spiro atoms.